The summed E-state index contributed by atoms with van der Waals surface area (Å²) in [7, 11) is 0. The van der Waals surface area contributed by atoms with Crippen LogP contribution in [-0.2, 0) is 6.42 Å². The van der Waals surface area contributed by atoms with Gasteiger partial charge in [0.1, 0.15) is 0 Å². The maximum Gasteiger partial charge on any atom is 0.166 e. The molecule has 0 bridgehead atoms. The number of H-pyrrole nitrogens is 1. The van der Waals surface area contributed by atoms with E-state index in [9.17, 15) is 4.79 Å². The van der Waals surface area contributed by atoms with Crippen molar-refractivity contribution in [1.82, 2.24) is 4.98 Å². The fraction of sp³-hybridized carbons (Fsp3) is 0.182. The number of hydrogen-bond acceptors (Lipinski definition) is 1. The first-order valence-electron chi connectivity index (χ1n) is 4.41. The van der Waals surface area contributed by atoms with Gasteiger partial charge < -0.3 is 4.98 Å². The second-order valence-electron chi connectivity index (χ2n) is 3.07. The molecule has 13 heavy (non-hydrogen) atoms. The van der Waals surface area contributed by atoms with E-state index in [1.807, 2.05) is 18.2 Å². The molecule has 0 amide bonds. The lowest BCUT2D eigenvalue weighted by atomic mass is 10.1. The van der Waals surface area contributed by atoms with E-state index in [1.54, 1.807) is 0 Å². The van der Waals surface area contributed by atoms with Gasteiger partial charge in [-0.05, 0) is 24.1 Å². The van der Waals surface area contributed by atoms with E-state index in [0.717, 1.165) is 23.6 Å². The van der Waals surface area contributed by atoms with Gasteiger partial charge in [0, 0.05) is 10.9 Å². The summed E-state index contributed by atoms with van der Waals surface area (Å²) in [5, 5.41) is 1.16. The Kier molecular flexibility index (Phi) is 1.89. The van der Waals surface area contributed by atoms with Crippen molar-refractivity contribution < 1.29 is 4.79 Å². The Balaban J connectivity index is 2.74. The molecule has 2 nitrogen and oxygen atoms in total. The molecular formula is C11H11NO. The Morgan fingerprint density at radius 3 is 3.00 bits per heavy atom. The monoisotopic (exact) mass is 173 g/mol. The van der Waals surface area contributed by atoms with E-state index < -0.39 is 0 Å². The van der Waals surface area contributed by atoms with Crippen LogP contribution in [0.3, 0.4) is 0 Å². The number of rotatable bonds is 2. The third kappa shape index (κ3) is 1.24. The zero-order chi connectivity index (χ0) is 9.26. The van der Waals surface area contributed by atoms with Crippen LogP contribution in [-0.4, -0.2) is 11.3 Å². The summed E-state index contributed by atoms with van der Waals surface area (Å²) < 4.78 is 0. The Morgan fingerprint density at radius 2 is 2.31 bits per heavy atom. The summed E-state index contributed by atoms with van der Waals surface area (Å²) in [6, 6.07) is 7.99. The zero-order valence-corrected chi connectivity index (χ0v) is 7.50. The topological polar surface area (TPSA) is 32.9 Å². The number of nitrogens with one attached hydrogen (secondary N) is 1. The summed E-state index contributed by atoms with van der Waals surface area (Å²) >= 11 is 0. The van der Waals surface area contributed by atoms with Gasteiger partial charge in [0.05, 0.1) is 5.69 Å². The molecule has 0 aliphatic heterocycles. The quantitative estimate of drug-likeness (QED) is 0.695. The highest BCUT2D eigenvalue weighted by Crippen LogP contribution is 2.19. The molecule has 2 rings (SSSR count). The average Bonchev–Trinajstić information content (AvgIpc) is 2.59. The molecule has 0 spiro atoms. The highest BCUT2D eigenvalue weighted by molar-refractivity contribution is 5.90. The second kappa shape index (κ2) is 3.05. The van der Waals surface area contributed by atoms with Crippen LogP contribution in [0.5, 0.6) is 0 Å². The van der Waals surface area contributed by atoms with Crippen molar-refractivity contribution in [2.75, 3.05) is 0 Å². The standard InChI is InChI=1S/C11H11NO/c1-2-8-4-3-5-11-10(8)6-9(7-13)12-11/h3-7,12H,2H2,1H3. The van der Waals surface area contributed by atoms with Crippen molar-refractivity contribution in [3.63, 3.8) is 0 Å². The van der Waals surface area contributed by atoms with Crippen LogP contribution >= 0.6 is 0 Å². The second-order valence-corrected chi connectivity index (χ2v) is 3.07. The van der Waals surface area contributed by atoms with Crippen molar-refractivity contribution in [2.24, 2.45) is 0 Å². The Labute approximate surface area is 76.6 Å². The fourth-order valence-electron chi connectivity index (χ4n) is 1.61. The molecule has 0 fully saturated rings. The van der Waals surface area contributed by atoms with Crippen molar-refractivity contribution >= 4 is 17.2 Å². The summed E-state index contributed by atoms with van der Waals surface area (Å²) in [5.41, 5.74) is 2.97. The largest absolute Gasteiger partial charge is 0.352 e. The van der Waals surface area contributed by atoms with Gasteiger partial charge in [0.2, 0.25) is 0 Å². The molecule has 2 aromatic rings. The summed E-state index contributed by atoms with van der Waals surface area (Å²) in [6.45, 7) is 2.11. The summed E-state index contributed by atoms with van der Waals surface area (Å²) in [5.74, 6) is 0. The van der Waals surface area contributed by atoms with E-state index in [2.05, 4.69) is 18.0 Å². The van der Waals surface area contributed by atoms with Gasteiger partial charge in [0.25, 0.3) is 0 Å². The lowest BCUT2D eigenvalue weighted by molar-refractivity contribution is 0.112. The Bertz CT molecular complexity index is 442. The number of aldehydes is 1. The van der Waals surface area contributed by atoms with Gasteiger partial charge in [-0.15, -0.1) is 0 Å². The predicted octanol–water partition coefficient (Wildman–Crippen LogP) is 2.54. The van der Waals surface area contributed by atoms with E-state index in [-0.39, 0.29) is 0 Å². The normalized spacial score (nSPS) is 10.5. The molecule has 0 unspecified atom stereocenters. The molecule has 2 heteroatoms. The average molecular weight is 173 g/mol. The molecule has 66 valence electrons. The first-order valence-corrected chi connectivity index (χ1v) is 4.41. The van der Waals surface area contributed by atoms with Crippen LogP contribution in [0.1, 0.15) is 23.0 Å². The number of carbonyl (C=O) groups is 1. The molecule has 0 radical (unpaired) electrons. The molecule has 1 aromatic carbocycles. The maximum absolute atomic E-state index is 10.5. The van der Waals surface area contributed by atoms with E-state index in [4.69, 9.17) is 0 Å². The number of aryl methyl sites for hydroxylation is 1. The van der Waals surface area contributed by atoms with Gasteiger partial charge in [-0.1, -0.05) is 19.1 Å². The minimum atomic E-state index is 0.649. The molecule has 0 saturated carbocycles. The molecule has 0 aliphatic carbocycles. The van der Waals surface area contributed by atoms with Crippen molar-refractivity contribution in [1.29, 1.82) is 0 Å². The van der Waals surface area contributed by atoms with Gasteiger partial charge >= 0.3 is 0 Å². The van der Waals surface area contributed by atoms with Crippen LogP contribution in [0.15, 0.2) is 24.3 Å². The van der Waals surface area contributed by atoms with Gasteiger partial charge in [-0.2, -0.15) is 0 Å². The van der Waals surface area contributed by atoms with Crippen molar-refractivity contribution in [3.05, 3.63) is 35.5 Å². The van der Waals surface area contributed by atoms with Crippen LogP contribution in [0.25, 0.3) is 10.9 Å². The number of carbonyl (C=O) groups excluding carboxylic acids is 1. The zero-order valence-electron chi connectivity index (χ0n) is 7.50. The fourth-order valence-corrected chi connectivity index (χ4v) is 1.61. The van der Waals surface area contributed by atoms with E-state index >= 15 is 0 Å². The van der Waals surface area contributed by atoms with Gasteiger partial charge in [0.15, 0.2) is 6.29 Å². The van der Waals surface area contributed by atoms with E-state index in [1.165, 1.54) is 5.56 Å². The molecular weight excluding hydrogens is 162 g/mol. The van der Waals surface area contributed by atoms with Crippen LogP contribution in [0.4, 0.5) is 0 Å². The smallest absolute Gasteiger partial charge is 0.166 e. The Morgan fingerprint density at radius 1 is 1.46 bits per heavy atom. The SMILES string of the molecule is CCc1cccc2[nH]c(C=O)cc12. The van der Waals surface area contributed by atoms with E-state index in [0.29, 0.717) is 5.69 Å². The minimum Gasteiger partial charge on any atom is -0.352 e. The molecule has 1 N–H and O–H groups in total. The Hall–Kier alpha value is -1.57. The van der Waals surface area contributed by atoms with Crippen molar-refractivity contribution in [3.8, 4) is 0 Å². The first kappa shape index (κ1) is 8.05. The molecule has 0 atom stereocenters. The highest BCUT2D eigenvalue weighted by atomic mass is 16.1. The van der Waals surface area contributed by atoms with Crippen LogP contribution in [0, 0.1) is 0 Å². The number of hydrogen-bond donors (Lipinski definition) is 1. The predicted molar refractivity (Wildman–Crippen MR) is 53.1 cm³/mol. The summed E-state index contributed by atoms with van der Waals surface area (Å²) in [4.78, 5) is 13.6. The minimum absolute atomic E-state index is 0.649. The van der Waals surface area contributed by atoms with Crippen LogP contribution in [0.2, 0.25) is 0 Å². The molecule has 0 saturated heterocycles. The number of benzene rings is 1. The van der Waals surface area contributed by atoms with Crippen molar-refractivity contribution in [2.45, 2.75) is 13.3 Å². The third-order valence-corrected chi connectivity index (χ3v) is 2.28. The maximum atomic E-state index is 10.5. The number of fused-ring (bicyclic) bond motifs is 1. The molecule has 1 aromatic heterocycles. The number of aromatic amines is 1. The molecule has 0 aliphatic rings. The lowest BCUT2D eigenvalue weighted by Gasteiger charge is -1.96. The highest BCUT2D eigenvalue weighted by Gasteiger charge is 2.02. The summed E-state index contributed by atoms with van der Waals surface area (Å²) in [6.07, 6.45) is 1.84. The third-order valence-electron chi connectivity index (χ3n) is 2.28. The first-order chi connectivity index (χ1) is 6.35. The molecule has 1 heterocycles. The van der Waals surface area contributed by atoms with Gasteiger partial charge in [-0.3, -0.25) is 4.79 Å². The van der Waals surface area contributed by atoms with Crippen LogP contribution < -0.4 is 0 Å². The number of aromatic nitrogens is 1. The lowest BCUT2D eigenvalue weighted by Crippen LogP contribution is -1.79. The van der Waals surface area contributed by atoms with Gasteiger partial charge in [-0.25, -0.2) is 0 Å².